The van der Waals surface area contributed by atoms with Crippen LogP contribution in [0.5, 0.6) is 0 Å². The lowest BCUT2D eigenvalue weighted by atomic mass is 10.1. The first kappa shape index (κ1) is 19.0. The lowest BCUT2D eigenvalue weighted by molar-refractivity contribution is -0.120. The Bertz CT molecular complexity index is 432. The molecule has 0 aliphatic carbocycles. The van der Waals surface area contributed by atoms with Crippen molar-refractivity contribution in [3.63, 3.8) is 0 Å². The second-order valence-electron chi connectivity index (χ2n) is 7.15. The molecule has 2 N–H and O–H groups in total. The third-order valence-electron chi connectivity index (χ3n) is 3.77. The van der Waals surface area contributed by atoms with Gasteiger partial charge in [-0.3, -0.25) is 9.69 Å². The molecule has 1 atom stereocenters. The molecule has 0 spiro atoms. The topological polar surface area (TPSA) is 89.1 Å². The molecule has 0 aromatic rings. The summed E-state index contributed by atoms with van der Waals surface area (Å²) in [5.41, 5.74) is -0.548. The van der Waals surface area contributed by atoms with Gasteiger partial charge in [-0.05, 0) is 20.8 Å². The molecule has 2 saturated heterocycles. The SMILES string of the molecule is CC(C)(C)OC(=O)NC(CC1OCCO1)CN1CCNC(=O)CC1. The van der Waals surface area contributed by atoms with Crippen molar-refractivity contribution in [2.75, 3.05) is 39.4 Å². The van der Waals surface area contributed by atoms with Crippen LogP contribution in [0, 0.1) is 0 Å². The number of alkyl carbamates (subject to hydrolysis) is 1. The summed E-state index contributed by atoms with van der Waals surface area (Å²) in [6, 6.07) is -0.170. The molecule has 24 heavy (non-hydrogen) atoms. The maximum atomic E-state index is 12.1. The third kappa shape index (κ3) is 7.02. The van der Waals surface area contributed by atoms with Crippen LogP contribution in [0.25, 0.3) is 0 Å². The van der Waals surface area contributed by atoms with Gasteiger partial charge in [-0.1, -0.05) is 0 Å². The maximum absolute atomic E-state index is 12.1. The van der Waals surface area contributed by atoms with E-state index in [1.165, 1.54) is 0 Å². The van der Waals surface area contributed by atoms with Gasteiger partial charge in [0.2, 0.25) is 5.91 Å². The third-order valence-corrected chi connectivity index (χ3v) is 3.77. The number of carbonyl (C=O) groups excluding carboxylic acids is 2. The Kier molecular flexibility index (Phi) is 6.82. The van der Waals surface area contributed by atoms with Crippen molar-refractivity contribution in [1.82, 2.24) is 15.5 Å². The number of hydrogen-bond donors (Lipinski definition) is 2. The van der Waals surface area contributed by atoms with Gasteiger partial charge in [0.15, 0.2) is 6.29 Å². The van der Waals surface area contributed by atoms with Crippen molar-refractivity contribution in [3.8, 4) is 0 Å². The van der Waals surface area contributed by atoms with Crippen LogP contribution in [0.4, 0.5) is 4.79 Å². The zero-order valence-corrected chi connectivity index (χ0v) is 14.8. The van der Waals surface area contributed by atoms with Crippen molar-refractivity contribution in [1.29, 1.82) is 0 Å². The second-order valence-corrected chi connectivity index (χ2v) is 7.15. The average molecular weight is 343 g/mol. The van der Waals surface area contributed by atoms with E-state index in [1.807, 2.05) is 20.8 Å². The molecular formula is C16H29N3O5. The average Bonchev–Trinajstić information content (AvgIpc) is 2.87. The number of amides is 2. The van der Waals surface area contributed by atoms with Crippen LogP contribution in [0.1, 0.15) is 33.6 Å². The van der Waals surface area contributed by atoms with Crippen LogP contribution in [0.15, 0.2) is 0 Å². The molecule has 8 heteroatoms. The fourth-order valence-electron chi connectivity index (χ4n) is 2.74. The van der Waals surface area contributed by atoms with Gasteiger partial charge in [-0.2, -0.15) is 0 Å². The van der Waals surface area contributed by atoms with E-state index < -0.39 is 11.7 Å². The standard InChI is InChI=1S/C16H29N3O5/c1-16(2,3)24-15(21)18-12(10-14-22-8-9-23-14)11-19-6-4-13(20)17-5-7-19/h12,14H,4-11H2,1-3H3,(H,17,20)(H,18,21). The summed E-state index contributed by atoms with van der Waals surface area (Å²) in [5.74, 6) is 0.0663. The smallest absolute Gasteiger partial charge is 0.407 e. The summed E-state index contributed by atoms with van der Waals surface area (Å²) in [7, 11) is 0. The van der Waals surface area contributed by atoms with E-state index >= 15 is 0 Å². The van der Waals surface area contributed by atoms with Crippen molar-refractivity contribution in [2.24, 2.45) is 0 Å². The Hall–Kier alpha value is -1.38. The number of nitrogens with one attached hydrogen (secondary N) is 2. The van der Waals surface area contributed by atoms with Gasteiger partial charge < -0.3 is 24.8 Å². The molecule has 8 nitrogen and oxygen atoms in total. The highest BCUT2D eigenvalue weighted by molar-refractivity contribution is 5.76. The van der Waals surface area contributed by atoms with E-state index in [9.17, 15) is 9.59 Å². The fourth-order valence-corrected chi connectivity index (χ4v) is 2.74. The molecule has 0 aromatic heterocycles. The van der Waals surface area contributed by atoms with E-state index in [0.717, 1.165) is 6.54 Å². The summed E-state index contributed by atoms with van der Waals surface area (Å²) in [6.07, 6.45) is 0.262. The molecule has 2 aliphatic heterocycles. The highest BCUT2D eigenvalue weighted by Crippen LogP contribution is 2.13. The molecule has 0 aromatic carbocycles. The van der Waals surface area contributed by atoms with Crippen LogP contribution in [0.3, 0.4) is 0 Å². The summed E-state index contributed by atoms with van der Waals surface area (Å²) in [6.45, 7) is 9.31. The van der Waals surface area contributed by atoms with Crippen LogP contribution in [0.2, 0.25) is 0 Å². The molecule has 2 heterocycles. The minimum atomic E-state index is -0.548. The highest BCUT2D eigenvalue weighted by atomic mass is 16.7. The minimum Gasteiger partial charge on any atom is -0.444 e. The zero-order valence-electron chi connectivity index (χ0n) is 14.8. The number of hydrogen-bond acceptors (Lipinski definition) is 6. The van der Waals surface area contributed by atoms with Crippen LogP contribution >= 0.6 is 0 Å². The Labute approximate surface area is 143 Å². The summed E-state index contributed by atoms with van der Waals surface area (Å²) < 4.78 is 16.3. The Balaban J connectivity index is 1.90. The maximum Gasteiger partial charge on any atom is 0.407 e. The van der Waals surface area contributed by atoms with E-state index in [4.69, 9.17) is 14.2 Å². The number of nitrogens with zero attached hydrogens (tertiary/aromatic N) is 1. The molecule has 2 aliphatic rings. The Morgan fingerprint density at radius 1 is 1.38 bits per heavy atom. The van der Waals surface area contributed by atoms with E-state index in [0.29, 0.717) is 45.7 Å². The Morgan fingerprint density at radius 2 is 2.08 bits per heavy atom. The normalized spacial score (nSPS) is 21.9. The molecule has 2 fully saturated rings. The predicted molar refractivity (Wildman–Crippen MR) is 87.5 cm³/mol. The molecule has 0 radical (unpaired) electrons. The molecule has 0 saturated carbocycles. The molecular weight excluding hydrogens is 314 g/mol. The predicted octanol–water partition coefficient (Wildman–Crippen LogP) is 0.465. The lowest BCUT2D eigenvalue weighted by Crippen LogP contribution is -2.47. The number of rotatable bonds is 5. The van der Waals surface area contributed by atoms with E-state index in [1.54, 1.807) is 0 Å². The van der Waals surface area contributed by atoms with Gasteiger partial charge in [0.1, 0.15) is 5.60 Å². The van der Waals surface area contributed by atoms with Crippen molar-refractivity contribution < 1.29 is 23.8 Å². The molecule has 2 rings (SSSR count). The highest BCUT2D eigenvalue weighted by Gasteiger charge is 2.27. The molecule has 138 valence electrons. The van der Waals surface area contributed by atoms with Gasteiger partial charge in [-0.15, -0.1) is 0 Å². The largest absolute Gasteiger partial charge is 0.444 e. The quantitative estimate of drug-likeness (QED) is 0.754. The summed E-state index contributed by atoms with van der Waals surface area (Å²) in [5, 5.41) is 5.76. The van der Waals surface area contributed by atoms with Crippen molar-refractivity contribution in [3.05, 3.63) is 0 Å². The summed E-state index contributed by atoms with van der Waals surface area (Å²) >= 11 is 0. The molecule has 2 amide bonds. The molecule has 1 unspecified atom stereocenters. The van der Waals surface area contributed by atoms with Gasteiger partial charge in [0.25, 0.3) is 0 Å². The fraction of sp³-hybridized carbons (Fsp3) is 0.875. The monoisotopic (exact) mass is 343 g/mol. The van der Waals surface area contributed by atoms with Crippen molar-refractivity contribution >= 4 is 12.0 Å². The van der Waals surface area contributed by atoms with Crippen LogP contribution in [-0.2, 0) is 19.0 Å². The Morgan fingerprint density at radius 3 is 2.75 bits per heavy atom. The first-order valence-corrected chi connectivity index (χ1v) is 8.53. The van der Waals surface area contributed by atoms with Gasteiger partial charge >= 0.3 is 6.09 Å². The first-order chi connectivity index (χ1) is 11.3. The van der Waals surface area contributed by atoms with Gasteiger partial charge in [0.05, 0.1) is 13.2 Å². The zero-order chi connectivity index (χ0) is 17.6. The van der Waals surface area contributed by atoms with E-state index in [-0.39, 0.29) is 18.2 Å². The minimum absolute atomic E-state index is 0.0663. The van der Waals surface area contributed by atoms with Crippen LogP contribution in [-0.4, -0.2) is 74.2 Å². The van der Waals surface area contributed by atoms with Gasteiger partial charge in [-0.25, -0.2) is 4.79 Å². The number of ether oxygens (including phenoxy) is 3. The van der Waals surface area contributed by atoms with Gasteiger partial charge in [0, 0.05) is 45.1 Å². The number of carbonyl (C=O) groups is 2. The first-order valence-electron chi connectivity index (χ1n) is 8.53. The van der Waals surface area contributed by atoms with E-state index in [2.05, 4.69) is 15.5 Å². The second kappa shape index (κ2) is 8.64. The molecule has 0 bridgehead atoms. The summed E-state index contributed by atoms with van der Waals surface area (Å²) in [4.78, 5) is 25.7. The van der Waals surface area contributed by atoms with Crippen molar-refractivity contribution in [2.45, 2.75) is 51.5 Å². The van der Waals surface area contributed by atoms with Crippen LogP contribution < -0.4 is 10.6 Å². The lowest BCUT2D eigenvalue weighted by Gasteiger charge is -2.29.